The highest BCUT2D eigenvalue weighted by molar-refractivity contribution is 6.00. The van der Waals surface area contributed by atoms with Gasteiger partial charge in [-0.3, -0.25) is 4.79 Å². The number of piperidine rings is 1. The van der Waals surface area contributed by atoms with Gasteiger partial charge in [0.05, 0.1) is 11.3 Å². The summed E-state index contributed by atoms with van der Waals surface area (Å²) in [7, 11) is 0. The zero-order valence-corrected chi connectivity index (χ0v) is 11.7. The summed E-state index contributed by atoms with van der Waals surface area (Å²) in [6, 6.07) is 3.31. The molecule has 21 heavy (non-hydrogen) atoms. The van der Waals surface area contributed by atoms with Crippen molar-refractivity contribution in [3.8, 4) is 0 Å². The molecule has 1 aromatic carbocycles. The zero-order chi connectivity index (χ0) is 15.2. The third-order valence-corrected chi connectivity index (χ3v) is 3.66. The van der Waals surface area contributed by atoms with Gasteiger partial charge in [-0.25, -0.2) is 9.18 Å². The Morgan fingerprint density at radius 2 is 2.24 bits per heavy atom. The summed E-state index contributed by atoms with van der Waals surface area (Å²) < 4.78 is 13.1. The second kappa shape index (κ2) is 7.17. The van der Waals surface area contributed by atoms with Crippen LogP contribution in [-0.2, 0) is 4.79 Å². The molecular formula is C15H19FN2O3. The number of benzene rings is 1. The van der Waals surface area contributed by atoms with E-state index in [1.165, 1.54) is 6.07 Å². The first-order chi connectivity index (χ1) is 10.1. The predicted octanol–water partition coefficient (Wildman–Crippen LogP) is 2.24. The van der Waals surface area contributed by atoms with Crippen LogP contribution < -0.4 is 10.6 Å². The molecule has 2 rings (SSSR count). The molecule has 1 atom stereocenters. The minimum atomic E-state index is -1.26. The number of carboxylic acid groups (broad SMARTS) is 1. The Bertz CT molecular complexity index is 528. The van der Waals surface area contributed by atoms with Gasteiger partial charge < -0.3 is 15.7 Å². The van der Waals surface area contributed by atoms with E-state index in [2.05, 4.69) is 10.6 Å². The third-order valence-electron chi connectivity index (χ3n) is 3.66. The number of hydrogen-bond donors (Lipinski definition) is 3. The Hall–Kier alpha value is -1.95. The number of aromatic carboxylic acids is 1. The summed E-state index contributed by atoms with van der Waals surface area (Å²) in [4.78, 5) is 22.9. The molecule has 0 saturated carbocycles. The Kier molecular flexibility index (Phi) is 5.27. The van der Waals surface area contributed by atoms with Crippen molar-refractivity contribution in [1.29, 1.82) is 0 Å². The van der Waals surface area contributed by atoms with Crippen LogP contribution in [0.4, 0.5) is 10.1 Å². The molecule has 1 heterocycles. The van der Waals surface area contributed by atoms with Crippen LogP contribution in [0.15, 0.2) is 18.2 Å². The molecular weight excluding hydrogens is 275 g/mol. The van der Waals surface area contributed by atoms with E-state index in [-0.39, 0.29) is 17.2 Å². The molecule has 5 nitrogen and oxygen atoms in total. The largest absolute Gasteiger partial charge is 0.478 e. The van der Waals surface area contributed by atoms with E-state index in [4.69, 9.17) is 5.11 Å². The molecule has 3 N–H and O–H groups in total. The number of carboxylic acids is 1. The Morgan fingerprint density at radius 3 is 2.90 bits per heavy atom. The van der Waals surface area contributed by atoms with E-state index in [0.29, 0.717) is 12.3 Å². The lowest BCUT2D eigenvalue weighted by Crippen LogP contribution is -2.30. The average molecular weight is 294 g/mol. The van der Waals surface area contributed by atoms with Gasteiger partial charge in [0.2, 0.25) is 5.91 Å². The highest BCUT2D eigenvalue weighted by Crippen LogP contribution is 2.19. The molecule has 1 aromatic rings. The van der Waals surface area contributed by atoms with Crippen molar-refractivity contribution < 1.29 is 19.1 Å². The third kappa shape index (κ3) is 4.53. The fraction of sp³-hybridized carbons (Fsp3) is 0.467. The average Bonchev–Trinajstić information content (AvgIpc) is 2.48. The number of nitrogens with one attached hydrogen (secondary N) is 2. The molecule has 114 valence electrons. The molecule has 0 bridgehead atoms. The van der Waals surface area contributed by atoms with E-state index in [1.54, 1.807) is 0 Å². The first-order valence-corrected chi connectivity index (χ1v) is 7.09. The van der Waals surface area contributed by atoms with Gasteiger partial charge in [-0.2, -0.15) is 0 Å². The summed E-state index contributed by atoms with van der Waals surface area (Å²) in [5.41, 5.74) is -0.0987. The van der Waals surface area contributed by atoms with Crippen LogP contribution in [0.2, 0.25) is 0 Å². The van der Waals surface area contributed by atoms with Crippen LogP contribution in [0.1, 0.15) is 36.0 Å². The lowest BCUT2D eigenvalue weighted by molar-refractivity contribution is -0.116. The highest BCUT2D eigenvalue weighted by atomic mass is 19.1. The maximum absolute atomic E-state index is 13.1. The number of amides is 1. The summed E-state index contributed by atoms with van der Waals surface area (Å²) in [5.74, 6) is -1.66. The van der Waals surface area contributed by atoms with Crippen LogP contribution >= 0.6 is 0 Å². The summed E-state index contributed by atoms with van der Waals surface area (Å²) in [6.07, 6.45) is 3.33. The van der Waals surface area contributed by atoms with Crippen LogP contribution in [0.5, 0.6) is 0 Å². The van der Waals surface area contributed by atoms with E-state index in [1.807, 2.05) is 0 Å². The van der Waals surface area contributed by atoms with E-state index in [9.17, 15) is 14.0 Å². The molecule has 1 fully saturated rings. The minimum absolute atomic E-state index is 0.135. The molecule has 0 aliphatic carbocycles. The summed E-state index contributed by atoms with van der Waals surface area (Å²) in [6.45, 7) is 1.95. The molecule has 1 amide bonds. The van der Waals surface area contributed by atoms with Crippen LogP contribution in [-0.4, -0.2) is 30.1 Å². The number of hydrogen-bond acceptors (Lipinski definition) is 3. The fourth-order valence-corrected chi connectivity index (χ4v) is 2.52. The van der Waals surface area contributed by atoms with Crippen molar-refractivity contribution >= 4 is 17.6 Å². The number of carbonyl (C=O) groups excluding carboxylic acids is 1. The maximum Gasteiger partial charge on any atom is 0.337 e. The van der Waals surface area contributed by atoms with Crippen molar-refractivity contribution in [2.45, 2.75) is 25.7 Å². The second-order valence-corrected chi connectivity index (χ2v) is 5.29. The molecule has 1 saturated heterocycles. The van der Waals surface area contributed by atoms with Gasteiger partial charge in [-0.1, -0.05) is 0 Å². The van der Waals surface area contributed by atoms with Crippen molar-refractivity contribution in [3.05, 3.63) is 29.6 Å². The number of halogens is 1. The second-order valence-electron chi connectivity index (χ2n) is 5.29. The molecule has 1 unspecified atom stereocenters. The van der Waals surface area contributed by atoms with Crippen molar-refractivity contribution in [1.82, 2.24) is 5.32 Å². The normalized spacial score (nSPS) is 18.2. The lowest BCUT2D eigenvalue weighted by atomic mass is 9.94. The lowest BCUT2D eigenvalue weighted by Gasteiger charge is -2.22. The molecule has 1 aliphatic rings. The summed E-state index contributed by atoms with van der Waals surface area (Å²) >= 11 is 0. The fourth-order valence-electron chi connectivity index (χ4n) is 2.52. The Labute approximate surface area is 122 Å². The van der Waals surface area contributed by atoms with E-state index in [0.717, 1.165) is 44.5 Å². The van der Waals surface area contributed by atoms with E-state index >= 15 is 0 Å². The van der Waals surface area contributed by atoms with Crippen LogP contribution in [0, 0.1) is 11.7 Å². The molecule has 1 aliphatic heterocycles. The van der Waals surface area contributed by atoms with Gasteiger partial charge in [0.15, 0.2) is 0 Å². The monoisotopic (exact) mass is 294 g/mol. The van der Waals surface area contributed by atoms with Gasteiger partial charge in [-0.05, 0) is 56.5 Å². The zero-order valence-electron chi connectivity index (χ0n) is 11.7. The van der Waals surface area contributed by atoms with Crippen molar-refractivity contribution in [2.24, 2.45) is 5.92 Å². The topological polar surface area (TPSA) is 78.4 Å². The van der Waals surface area contributed by atoms with Gasteiger partial charge in [0, 0.05) is 6.42 Å². The van der Waals surface area contributed by atoms with E-state index < -0.39 is 11.8 Å². The van der Waals surface area contributed by atoms with Gasteiger partial charge in [0.25, 0.3) is 0 Å². The van der Waals surface area contributed by atoms with Gasteiger partial charge in [-0.15, -0.1) is 0 Å². The van der Waals surface area contributed by atoms with Crippen molar-refractivity contribution in [2.75, 3.05) is 18.4 Å². The number of carbonyl (C=O) groups is 2. The Morgan fingerprint density at radius 1 is 1.43 bits per heavy atom. The standard InChI is InChI=1S/C15H19FN2O3/c16-11-4-5-13(12(8-11)15(20)21)18-14(19)6-3-10-2-1-7-17-9-10/h4-5,8,10,17H,1-3,6-7,9H2,(H,18,19)(H,20,21). The van der Waals surface area contributed by atoms with Gasteiger partial charge >= 0.3 is 5.97 Å². The summed E-state index contributed by atoms with van der Waals surface area (Å²) in [5, 5.41) is 14.8. The number of anilines is 1. The quantitative estimate of drug-likeness (QED) is 0.778. The first kappa shape index (κ1) is 15.4. The first-order valence-electron chi connectivity index (χ1n) is 7.09. The predicted molar refractivity (Wildman–Crippen MR) is 76.8 cm³/mol. The molecule has 0 radical (unpaired) electrons. The minimum Gasteiger partial charge on any atom is -0.478 e. The number of rotatable bonds is 5. The molecule has 6 heteroatoms. The SMILES string of the molecule is O=C(CCC1CCCNC1)Nc1ccc(F)cc1C(=O)O. The highest BCUT2D eigenvalue weighted by Gasteiger charge is 2.16. The van der Waals surface area contributed by atoms with Crippen LogP contribution in [0.3, 0.4) is 0 Å². The molecule has 0 aromatic heterocycles. The van der Waals surface area contributed by atoms with Crippen LogP contribution in [0.25, 0.3) is 0 Å². The Balaban J connectivity index is 1.91. The molecule has 0 spiro atoms. The van der Waals surface area contributed by atoms with Crippen molar-refractivity contribution in [3.63, 3.8) is 0 Å². The maximum atomic E-state index is 13.1. The smallest absolute Gasteiger partial charge is 0.337 e. The van der Waals surface area contributed by atoms with Gasteiger partial charge in [0.1, 0.15) is 5.82 Å².